The number of carbonyl (C=O) groups excluding carboxylic acids is 1. The molecule has 1 unspecified atom stereocenters. The Labute approximate surface area is 90.0 Å². The lowest BCUT2D eigenvalue weighted by molar-refractivity contribution is -0.145. The fourth-order valence-corrected chi connectivity index (χ4v) is 0.734. The maximum Gasteiger partial charge on any atom is 0.335 e. The lowest BCUT2D eigenvalue weighted by Crippen LogP contribution is -2.29. The topological polar surface area (TPSA) is 87.0 Å². The van der Waals surface area contributed by atoms with Crippen LogP contribution in [0.2, 0.25) is 0 Å². The quantitative estimate of drug-likeness (QED) is 0.417. The summed E-state index contributed by atoms with van der Waals surface area (Å²) < 4.78 is 4.59. The van der Waals surface area contributed by atoms with Crippen molar-refractivity contribution >= 4 is 5.97 Å². The number of rotatable bonds is 1. The van der Waals surface area contributed by atoms with Crippen LogP contribution in [0.3, 0.4) is 0 Å². The average molecular weight is 220 g/mol. The van der Waals surface area contributed by atoms with Gasteiger partial charge in [0, 0.05) is 5.41 Å². The van der Waals surface area contributed by atoms with Crippen molar-refractivity contribution in [2.45, 2.75) is 20.0 Å². The van der Waals surface area contributed by atoms with Crippen LogP contribution in [-0.4, -0.2) is 47.2 Å². The molecular formula is C10H20O5. The zero-order valence-corrected chi connectivity index (χ0v) is 9.27. The number of hydrogen-bond donors (Lipinski definition) is 3. The Bertz CT molecular complexity index is 177. The monoisotopic (exact) mass is 220 g/mol. The van der Waals surface area contributed by atoms with Crippen molar-refractivity contribution in [3.63, 3.8) is 0 Å². The molecule has 1 atom stereocenters. The van der Waals surface area contributed by atoms with Crippen molar-refractivity contribution in [3.8, 4) is 0 Å². The number of hydrogen-bond acceptors (Lipinski definition) is 5. The summed E-state index contributed by atoms with van der Waals surface area (Å²) in [6, 6.07) is 0. The summed E-state index contributed by atoms with van der Waals surface area (Å²) in [6.07, 6.45) is -0.933. The summed E-state index contributed by atoms with van der Waals surface area (Å²) in [4.78, 5) is 10.5. The third kappa shape index (κ3) is 6.22. The van der Waals surface area contributed by atoms with Crippen LogP contribution in [0.25, 0.3) is 0 Å². The molecule has 0 aromatic carbocycles. The third-order valence-electron chi connectivity index (χ3n) is 1.65. The number of carbonyl (C=O) groups is 1. The van der Waals surface area contributed by atoms with Crippen molar-refractivity contribution in [1.82, 2.24) is 0 Å². The van der Waals surface area contributed by atoms with Gasteiger partial charge in [0.1, 0.15) is 0 Å². The summed E-state index contributed by atoms with van der Waals surface area (Å²) in [5, 5.41) is 24.3. The Hall–Kier alpha value is -0.910. The summed E-state index contributed by atoms with van der Waals surface area (Å²) in [5.74, 6) is -0.500. The number of esters is 1. The van der Waals surface area contributed by atoms with Gasteiger partial charge in [0.25, 0.3) is 0 Å². The first-order valence-electron chi connectivity index (χ1n) is 4.52. The second-order valence-electron chi connectivity index (χ2n) is 3.45. The van der Waals surface area contributed by atoms with E-state index in [-0.39, 0.29) is 13.2 Å². The summed E-state index contributed by atoms with van der Waals surface area (Å²) in [6.45, 7) is 9.66. The molecule has 5 nitrogen and oxygen atoms in total. The van der Waals surface area contributed by atoms with Crippen LogP contribution in [0.4, 0.5) is 0 Å². The molecule has 1 heterocycles. The zero-order valence-electron chi connectivity index (χ0n) is 9.27. The zero-order chi connectivity index (χ0) is 12.5. The predicted molar refractivity (Wildman–Crippen MR) is 56.2 cm³/mol. The van der Waals surface area contributed by atoms with Crippen LogP contribution in [0.5, 0.6) is 0 Å². The predicted octanol–water partition coefficient (Wildman–Crippen LogP) is -0.297. The minimum Gasteiger partial charge on any atom is -0.463 e. The van der Waals surface area contributed by atoms with E-state index in [1.165, 1.54) is 0 Å². The van der Waals surface area contributed by atoms with E-state index in [0.717, 1.165) is 0 Å². The fourth-order valence-electron chi connectivity index (χ4n) is 0.734. The highest BCUT2D eigenvalue weighted by molar-refractivity contribution is 5.77. The molecule has 0 spiro atoms. The smallest absolute Gasteiger partial charge is 0.335 e. The van der Waals surface area contributed by atoms with E-state index in [9.17, 15) is 4.79 Å². The molecule has 0 aromatic rings. The highest BCUT2D eigenvalue weighted by atomic mass is 16.6. The van der Waals surface area contributed by atoms with E-state index in [1.54, 1.807) is 13.8 Å². The van der Waals surface area contributed by atoms with Crippen LogP contribution in [0.1, 0.15) is 13.8 Å². The number of aliphatic hydroxyl groups excluding tert-OH is 3. The molecule has 3 N–H and O–H groups in total. The normalized spacial score (nSPS) is 21.7. The van der Waals surface area contributed by atoms with Crippen molar-refractivity contribution < 1.29 is 24.9 Å². The van der Waals surface area contributed by atoms with Crippen LogP contribution in [-0.2, 0) is 9.53 Å². The first kappa shape index (κ1) is 16.5. The molecular weight excluding hydrogens is 200 g/mol. The maximum absolute atomic E-state index is 10.5. The van der Waals surface area contributed by atoms with E-state index >= 15 is 0 Å². The van der Waals surface area contributed by atoms with Crippen LogP contribution >= 0.6 is 0 Å². The molecule has 0 aliphatic carbocycles. The van der Waals surface area contributed by atoms with E-state index < -0.39 is 17.5 Å². The van der Waals surface area contributed by atoms with Crippen LogP contribution < -0.4 is 0 Å². The van der Waals surface area contributed by atoms with E-state index in [4.69, 9.17) is 15.3 Å². The maximum atomic E-state index is 10.5. The number of cyclic esters (lactones) is 1. The molecule has 1 fully saturated rings. The highest BCUT2D eigenvalue weighted by Gasteiger charge is 2.41. The fraction of sp³-hybridized carbons (Fsp3) is 0.700. The average Bonchev–Trinajstić information content (AvgIpc) is 2.49. The molecule has 90 valence electrons. The van der Waals surface area contributed by atoms with Gasteiger partial charge in [0.15, 0.2) is 6.10 Å². The van der Waals surface area contributed by atoms with Gasteiger partial charge in [-0.25, -0.2) is 4.79 Å². The van der Waals surface area contributed by atoms with Gasteiger partial charge >= 0.3 is 5.97 Å². The molecule has 1 rings (SSSR count). The van der Waals surface area contributed by atoms with E-state index in [2.05, 4.69) is 17.9 Å². The van der Waals surface area contributed by atoms with E-state index in [0.29, 0.717) is 6.61 Å². The summed E-state index contributed by atoms with van der Waals surface area (Å²) in [5.41, 5.74) is -0.392. The minimum atomic E-state index is -0.933. The largest absolute Gasteiger partial charge is 0.463 e. The van der Waals surface area contributed by atoms with Crippen LogP contribution in [0, 0.1) is 5.41 Å². The second-order valence-corrected chi connectivity index (χ2v) is 3.45. The SMILES string of the molecule is C=C.CC1(C)COC(=O)C1O.OCCO. The van der Waals surface area contributed by atoms with Gasteiger partial charge in [-0.15, -0.1) is 13.2 Å². The molecule has 1 saturated heterocycles. The molecule has 0 saturated carbocycles. The number of ether oxygens (including phenoxy) is 1. The van der Waals surface area contributed by atoms with Gasteiger partial charge in [-0.05, 0) is 0 Å². The molecule has 15 heavy (non-hydrogen) atoms. The van der Waals surface area contributed by atoms with Crippen LogP contribution in [0.15, 0.2) is 13.2 Å². The van der Waals surface area contributed by atoms with Gasteiger partial charge in [-0.2, -0.15) is 0 Å². The Kier molecular flexibility index (Phi) is 9.25. The standard InChI is InChI=1S/C6H10O3.C2H6O2.C2H4/c1-6(2)3-9-5(8)4(6)7;3-1-2-4;1-2/h4,7H,3H2,1-2H3;3-4H,1-2H2;1-2H2. The van der Waals surface area contributed by atoms with Gasteiger partial charge in [0.05, 0.1) is 19.8 Å². The Balaban J connectivity index is 0. The van der Waals surface area contributed by atoms with Crippen molar-refractivity contribution in [3.05, 3.63) is 13.2 Å². The van der Waals surface area contributed by atoms with Gasteiger partial charge in [0.2, 0.25) is 0 Å². The third-order valence-corrected chi connectivity index (χ3v) is 1.65. The van der Waals surface area contributed by atoms with Crippen molar-refractivity contribution in [1.29, 1.82) is 0 Å². The molecule has 0 radical (unpaired) electrons. The number of aliphatic hydroxyl groups is 3. The molecule has 5 heteroatoms. The lowest BCUT2D eigenvalue weighted by Gasteiger charge is -2.15. The molecule has 1 aliphatic rings. The molecule has 0 bridgehead atoms. The Morgan fingerprint density at radius 2 is 1.80 bits per heavy atom. The van der Waals surface area contributed by atoms with Crippen molar-refractivity contribution in [2.75, 3.05) is 19.8 Å². The van der Waals surface area contributed by atoms with Gasteiger partial charge in [-0.3, -0.25) is 0 Å². The Morgan fingerprint density at radius 1 is 1.40 bits per heavy atom. The lowest BCUT2D eigenvalue weighted by atomic mass is 9.90. The molecule has 0 aromatic heterocycles. The second kappa shape index (κ2) is 8.40. The van der Waals surface area contributed by atoms with Crippen molar-refractivity contribution in [2.24, 2.45) is 5.41 Å². The molecule has 1 aliphatic heterocycles. The van der Waals surface area contributed by atoms with Gasteiger partial charge in [-0.1, -0.05) is 13.8 Å². The van der Waals surface area contributed by atoms with E-state index in [1.807, 2.05) is 0 Å². The molecule has 0 amide bonds. The summed E-state index contributed by atoms with van der Waals surface area (Å²) >= 11 is 0. The Morgan fingerprint density at radius 3 is 1.87 bits per heavy atom. The first-order chi connectivity index (χ1) is 6.95. The minimum absolute atomic E-state index is 0.125. The highest BCUT2D eigenvalue weighted by Crippen LogP contribution is 2.27. The van der Waals surface area contributed by atoms with Gasteiger partial charge < -0.3 is 20.1 Å². The summed E-state index contributed by atoms with van der Waals surface area (Å²) in [7, 11) is 0. The first-order valence-corrected chi connectivity index (χ1v) is 4.52.